The van der Waals surface area contributed by atoms with Crippen molar-refractivity contribution in [3.63, 3.8) is 0 Å². The number of piperazine rings is 1. The Morgan fingerprint density at radius 1 is 1.25 bits per heavy atom. The van der Waals surface area contributed by atoms with Gasteiger partial charge in [0.2, 0.25) is 10.0 Å². The van der Waals surface area contributed by atoms with Crippen LogP contribution in [0.25, 0.3) is 0 Å². The first-order valence-corrected chi connectivity index (χ1v) is 7.75. The Labute approximate surface area is 98.7 Å². The lowest BCUT2D eigenvalue weighted by atomic mass is 9.91. The van der Waals surface area contributed by atoms with Gasteiger partial charge in [-0.1, -0.05) is 13.8 Å². The monoisotopic (exact) mass is 246 g/mol. The van der Waals surface area contributed by atoms with Gasteiger partial charge in [-0.2, -0.15) is 4.31 Å². The number of nitrogens with zero attached hydrogens (tertiary/aromatic N) is 2. The summed E-state index contributed by atoms with van der Waals surface area (Å²) in [6, 6.07) is 0.496. The van der Waals surface area contributed by atoms with Crippen LogP contribution in [0.2, 0.25) is 0 Å². The SMILES string of the molecule is CCC(C)S(=O)(=O)N1C2CC1CN(CC)C2. The molecule has 16 heavy (non-hydrogen) atoms. The van der Waals surface area contributed by atoms with Gasteiger partial charge in [0.05, 0.1) is 5.25 Å². The van der Waals surface area contributed by atoms with Crippen molar-refractivity contribution in [3.05, 3.63) is 0 Å². The molecule has 0 aromatic heterocycles. The maximum absolute atomic E-state index is 12.3. The van der Waals surface area contributed by atoms with Crippen LogP contribution < -0.4 is 0 Å². The first kappa shape index (κ1) is 12.3. The highest BCUT2D eigenvalue weighted by Gasteiger charge is 2.51. The first-order valence-electron chi connectivity index (χ1n) is 6.25. The van der Waals surface area contributed by atoms with Crippen molar-refractivity contribution in [2.45, 2.75) is 50.9 Å². The van der Waals surface area contributed by atoms with Gasteiger partial charge in [0, 0.05) is 25.2 Å². The van der Waals surface area contributed by atoms with E-state index < -0.39 is 10.0 Å². The summed E-state index contributed by atoms with van der Waals surface area (Å²) in [5, 5.41) is -0.231. The Bertz CT molecular complexity index is 343. The van der Waals surface area contributed by atoms with Crippen molar-refractivity contribution in [1.29, 1.82) is 0 Å². The smallest absolute Gasteiger partial charge is 0.217 e. The molecule has 0 N–H and O–H groups in total. The predicted molar refractivity (Wildman–Crippen MR) is 64.8 cm³/mol. The highest BCUT2D eigenvalue weighted by Crippen LogP contribution is 2.36. The molecule has 0 saturated carbocycles. The van der Waals surface area contributed by atoms with Crippen LogP contribution in [-0.4, -0.2) is 54.6 Å². The lowest BCUT2D eigenvalue weighted by Gasteiger charge is -2.55. The van der Waals surface area contributed by atoms with Gasteiger partial charge >= 0.3 is 0 Å². The Hall–Kier alpha value is -0.130. The zero-order valence-corrected chi connectivity index (χ0v) is 11.2. The summed E-state index contributed by atoms with van der Waals surface area (Å²) < 4.78 is 26.3. The molecule has 3 saturated heterocycles. The van der Waals surface area contributed by atoms with Crippen molar-refractivity contribution in [2.75, 3.05) is 19.6 Å². The number of likely N-dealkylation sites (N-methyl/N-ethyl adjacent to an activating group) is 1. The van der Waals surface area contributed by atoms with E-state index in [0.29, 0.717) is 6.42 Å². The average molecular weight is 246 g/mol. The number of piperidine rings is 1. The van der Waals surface area contributed by atoms with Crippen molar-refractivity contribution >= 4 is 10.0 Å². The van der Waals surface area contributed by atoms with E-state index in [-0.39, 0.29) is 17.3 Å². The van der Waals surface area contributed by atoms with E-state index in [4.69, 9.17) is 0 Å². The van der Waals surface area contributed by atoms with Gasteiger partial charge in [-0.05, 0) is 26.3 Å². The normalized spacial score (nSPS) is 33.4. The Kier molecular flexibility index (Phi) is 3.29. The summed E-state index contributed by atoms with van der Waals surface area (Å²) >= 11 is 0. The molecule has 94 valence electrons. The van der Waals surface area contributed by atoms with Crippen LogP contribution >= 0.6 is 0 Å². The Morgan fingerprint density at radius 3 is 2.25 bits per heavy atom. The fourth-order valence-electron chi connectivity index (χ4n) is 2.75. The van der Waals surface area contributed by atoms with Gasteiger partial charge < -0.3 is 4.90 Å². The second-order valence-corrected chi connectivity index (χ2v) is 7.25. The molecule has 3 aliphatic rings. The van der Waals surface area contributed by atoms with E-state index in [1.54, 1.807) is 4.31 Å². The van der Waals surface area contributed by atoms with E-state index in [1.807, 2.05) is 13.8 Å². The Morgan fingerprint density at radius 2 is 1.81 bits per heavy atom. The van der Waals surface area contributed by atoms with Crippen molar-refractivity contribution < 1.29 is 8.42 Å². The van der Waals surface area contributed by atoms with E-state index in [9.17, 15) is 8.42 Å². The lowest BCUT2D eigenvalue weighted by molar-refractivity contribution is -0.00477. The van der Waals surface area contributed by atoms with Gasteiger partial charge in [-0.25, -0.2) is 8.42 Å². The minimum absolute atomic E-state index is 0.231. The van der Waals surface area contributed by atoms with Crippen LogP contribution in [0, 0.1) is 0 Å². The predicted octanol–water partition coefficient (Wildman–Crippen LogP) is 0.893. The summed E-state index contributed by atoms with van der Waals surface area (Å²) in [5.41, 5.74) is 0. The Balaban J connectivity index is 2.09. The van der Waals surface area contributed by atoms with Gasteiger partial charge in [0.1, 0.15) is 0 Å². The molecule has 4 nitrogen and oxygen atoms in total. The minimum Gasteiger partial charge on any atom is -0.300 e. The molecule has 0 spiro atoms. The van der Waals surface area contributed by atoms with Crippen LogP contribution in [0.4, 0.5) is 0 Å². The third kappa shape index (κ3) is 1.79. The summed E-state index contributed by atoms with van der Waals surface area (Å²) in [6.45, 7) is 8.77. The fourth-order valence-corrected chi connectivity index (χ4v) is 4.73. The van der Waals surface area contributed by atoms with E-state index >= 15 is 0 Å². The number of hydrogen-bond donors (Lipinski definition) is 0. The number of sulfonamides is 1. The zero-order valence-electron chi connectivity index (χ0n) is 10.4. The molecule has 0 aromatic carbocycles. The molecule has 3 rings (SSSR count). The number of hydrogen-bond acceptors (Lipinski definition) is 3. The average Bonchev–Trinajstić information content (AvgIpc) is 2.27. The van der Waals surface area contributed by atoms with Gasteiger partial charge in [-0.3, -0.25) is 0 Å². The third-order valence-electron chi connectivity index (χ3n) is 4.03. The van der Waals surface area contributed by atoms with Gasteiger partial charge in [-0.15, -0.1) is 0 Å². The molecular weight excluding hydrogens is 224 g/mol. The number of fused-ring (bicyclic) bond motifs is 2. The quantitative estimate of drug-likeness (QED) is 0.740. The van der Waals surface area contributed by atoms with Crippen LogP contribution in [0.15, 0.2) is 0 Å². The summed E-state index contributed by atoms with van der Waals surface area (Å²) in [5.74, 6) is 0. The van der Waals surface area contributed by atoms with Crippen LogP contribution in [-0.2, 0) is 10.0 Å². The molecule has 3 atom stereocenters. The topological polar surface area (TPSA) is 40.6 Å². The minimum atomic E-state index is -3.04. The second kappa shape index (κ2) is 4.27. The summed E-state index contributed by atoms with van der Waals surface area (Å²) in [7, 11) is -3.04. The van der Waals surface area contributed by atoms with Crippen LogP contribution in [0.3, 0.4) is 0 Å². The van der Waals surface area contributed by atoms with E-state index in [0.717, 1.165) is 26.1 Å². The fraction of sp³-hybridized carbons (Fsp3) is 1.00. The lowest BCUT2D eigenvalue weighted by Crippen LogP contribution is -2.70. The largest absolute Gasteiger partial charge is 0.300 e. The van der Waals surface area contributed by atoms with Gasteiger partial charge in [0.25, 0.3) is 0 Å². The zero-order chi connectivity index (χ0) is 11.9. The maximum Gasteiger partial charge on any atom is 0.217 e. The third-order valence-corrected chi connectivity index (χ3v) is 6.56. The molecule has 3 heterocycles. The van der Waals surface area contributed by atoms with Crippen LogP contribution in [0.5, 0.6) is 0 Å². The molecule has 0 aliphatic carbocycles. The van der Waals surface area contributed by atoms with E-state index in [2.05, 4.69) is 11.8 Å². The molecule has 3 aliphatic heterocycles. The second-order valence-electron chi connectivity index (χ2n) is 4.99. The molecule has 3 fully saturated rings. The highest BCUT2D eigenvalue weighted by atomic mass is 32.2. The molecule has 5 heteroatoms. The molecular formula is C11H22N2O2S. The van der Waals surface area contributed by atoms with Crippen molar-refractivity contribution in [3.8, 4) is 0 Å². The summed E-state index contributed by atoms with van der Waals surface area (Å²) in [4.78, 5) is 2.35. The van der Waals surface area contributed by atoms with Crippen molar-refractivity contribution in [1.82, 2.24) is 9.21 Å². The molecule has 0 aromatic rings. The van der Waals surface area contributed by atoms with E-state index in [1.165, 1.54) is 0 Å². The van der Waals surface area contributed by atoms with Gasteiger partial charge in [0.15, 0.2) is 0 Å². The molecule has 2 bridgehead atoms. The number of rotatable bonds is 4. The van der Waals surface area contributed by atoms with Crippen molar-refractivity contribution in [2.24, 2.45) is 0 Å². The highest BCUT2D eigenvalue weighted by molar-refractivity contribution is 7.89. The standard InChI is InChI=1S/C11H22N2O2S/c1-4-9(3)16(14,15)13-10-6-11(13)8-12(5-2)7-10/h9-11H,4-8H2,1-3H3. The molecule has 3 unspecified atom stereocenters. The summed E-state index contributed by atoms with van der Waals surface area (Å²) in [6.07, 6.45) is 1.77. The molecule has 0 radical (unpaired) electrons. The maximum atomic E-state index is 12.3. The first-order chi connectivity index (χ1) is 7.50. The van der Waals surface area contributed by atoms with Crippen LogP contribution in [0.1, 0.15) is 33.6 Å². The molecule has 0 amide bonds.